The zero-order chi connectivity index (χ0) is 17.2. The van der Waals surface area contributed by atoms with E-state index in [0.29, 0.717) is 17.1 Å². The summed E-state index contributed by atoms with van der Waals surface area (Å²) in [5.74, 6) is 0.658. The van der Waals surface area contributed by atoms with Crippen molar-refractivity contribution in [1.82, 2.24) is 9.78 Å². The van der Waals surface area contributed by atoms with Crippen LogP contribution in [0.5, 0.6) is 5.75 Å². The molecule has 0 amide bonds. The lowest BCUT2D eigenvalue weighted by atomic mass is 10.3. The molecule has 0 aliphatic rings. The van der Waals surface area contributed by atoms with Crippen molar-refractivity contribution in [3.63, 3.8) is 0 Å². The van der Waals surface area contributed by atoms with Gasteiger partial charge in [0.25, 0.3) is 10.0 Å². The van der Waals surface area contributed by atoms with Gasteiger partial charge in [0.05, 0.1) is 24.7 Å². The molecule has 0 saturated heterocycles. The monoisotopic (exact) mass is 343 g/mol. The van der Waals surface area contributed by atoms with Crippen LogP contribution in [0.2, 0.25) is 0 Å². The van der Waals surface area contributed by atoms with Crippen molar-refractivity contribution in [2.75, 3.05) is 11.8 Å². The molecule has 0 aliphatic heterocycles. The Hall–Kier alpha value is -2.80. The maximum Gasteiger partial charge on any atom is 0.265 e. The summed E-state index contributed by atoms with van der Waals surface area (Å²) in [6.07, 6.45) is 1.51. The molecule has 3 aromatic rings. The molecule has 1 aromatic heterocycles. The smallest absolute Gasteiger partial charge is 0.265 e. The van der Waals surface area contributed by atoms with Gasteiger partial charge >= 0.3 is 0 Å². The highest BCUT2D eigenvalue weighted by Gasteiger charge is 2.21. The maximum atomic E-state index is 12.6. The van der Waals surface area contributed by atoms with Crippen LogP contribution >= 0.6 is 0 Å². The number of hydrogen-bond donors (Lipinski definition) is 1. The molecule has 7 heteroatoms. The molecule has 0 spiro atoms. The zero-order valence-electron chi connectivity index (χ0n) is 13.3. The van der Waals surface area contributed by atoms with E-state index in [1.54, 1.807) is 43.0 Å². The third kappa shape index (κ3) is 3.26. The normalized spacial score (nSPS) is 11.2. The molecule has 0 atom stereocenters. The first-order chi connectivity index (χ1) is 11.5. The molecule has 24 heavy (non-hydrogen) atoms. The number of aromatic nitrogens is 2. The highest BCUT2D eigenvalue weighted by molar-refractivity contribution is 7.92. The van der Waals surface area contributed by atoms with E-state index >= 15 is 0 Å². The second kappa shape index (κ2) is 6.37. The third-order valence-corrected chi connectivity index (χ3v) is 4.99. The largest absolute Gasteiger partial charge is 0.497 e. The molecule has 0 saturated carbocycles. The van der Waals surface area contributed by atoms with Crippen LogP contribution < -0.4 is 9.46 Å². The Morgan fingerprint density at radius 2 is 1.71 bits per heavy atom. The Morgan fingerprint density at radius 3 is 2.33 bits per heavy atom. The number of benzene rings is 2. The van der Waals surface area contributed by atoms with Crippen LogP contribution in [0.1, 0.15) is 5.69 Å². The molecule has 0 radical (unpaired) electrons. The summed E-state index contributed by atoms with van der Waals surface area (Å²) in [4.78, 5) is 0.141. The van der Waals surface area contributed by atoms with E-state index in [9.17, 15) is 8.42 Å². The summed E-state index contributed by atoms with van der Waals surface area (Å²) in [5, 5.41) is 4.29. The fourth-order valence-electron chi connectivity index (χ4n) is 2.29. The first-order valence-electron chi connectivity index (χ1n) is 7.28. The maximum absolute atomic E-state index is 12.6. The summed E-state index contributed by atoms with van der Waals surface area (Å²) in [6, 6.07) is 16.0. The highest BCUT2D eigenvalue weighted by Crippen LogP contribution is 2.22. The number of hydrogen-bond acceptors (Lipinski definition) is 4. The van der Waals surface area contributed by atoms with E-state index in [4.69, 9.17) is 4.74 Å². The molecule has 0 unspecified atom stereocenters. The number of sulfonamides is 1. The van der Waals surface area contributed by atoms with Crippen LogP contribution in [0, 0.1) is 6.92 Å². The van der Waals surface area contributed by atoms with Crippen LogP contribution in [-0.2, 0) is 10.0 Å². The fraction of sp³-hybridized carbons (Fsp3) is 0.118. The van der Waals surface area contributed by atoms with Gasteiger partial charge in [0.2, 0.25) is 0 Å². The molecule has 124 valence electrons. The second-order valence-electron chi connectivity index (χ2n) is 5.19. The van der Waals surface area contributed by atoms with E-state index in [0.717, 1.165) is 5.69 Å². The van der Waals surface area contributed by atoms with E-state index in [1.807, 2.05) is 30.3 Å². The highest BCUT2D eigenvalue weighted by atomic mass is 32.2. The van der Waals surface area contributed by atoms with Crippen molar-refractivity contribution < 1.29 is 13.2 Å². The lowest BCUT2D eigenvalue weighted by Gasteiger charge is -2.07. The number of ether oxygens (including phenoxy) is 1. The number of nitrogens with zero attached hydrogens (tertiary/aromatic N) is 2. The number of nitrogens with one attached hydrogen (secondary N) is 1. The fourth-order valence-corrected chi connectivity index (χ4v) is 3.51. The molecule has 0 fully saturated rings. The average Bonchev–Trinajstić information content (AvgIpc) is 2.99. The van der Waals surface area contributed by atoms with E-state index in [-0.39, 0.29) is 4.90 Å². The summed E-state index contributed by atoms with van der Waals surface area (Å²) >= 11 is 0. The minimum atomic E-state index is -3.72. The van der Waals surface area contributed by atoms with E-state index < -0.39 is 10.0 Å². The minimum absolute atomic E-state index is 0.141. The lowest BCUT2D eigenvalue weighted by molar-refractivity contribution is 0.415. The van der Waals surface area contributed by atoms with Crippen LogP contribution in [-0.4, -0.2) is 25.3 Å². The van der Waals surface area contributed by atoms with Gasteiger partial charge < -0.3 is 4.74 Å². The van der Waals surface area contributed by atoms with Gasteiger partial charge in [-0.3, -0.25) is 4.72 Å². The van der Waals surface area contributed by atoms with Crippen molar-refractivity contribution in [3.8, 4) is 11.4 Å². The molecule has 3 rings (SSSR count). The van der Waals surface area contributed by atoms with Crippen LogP contribution in [0.25, 0.3) is 5.69 Å². The van der Waals surface area contributed by atoms with Gasteiger partial charge in [0.15, 0.2) is 0 Å². The van der Waals surface area contributed by atoms with Crippen molar-refractivity contribution >= 4 is 15.7 Å². The van der Waals surface area contributed by atoms with E-state index in [1.165, 1.54) is 6.20 Å². The molecule has 2 aromatic carbocycles. The van der Waals surface area contributed by atoms with Gasteiger partial charge in [-0.2, -0.15) is 5.10 Å². The first-order valence-corrected chi connectivity index (χ1v) is 8.76. The summed E-state index contributed by atoms with van der Waals surface area (Å²) < 4.78 is 34.4. The van der Waals surface area contributed by atoms with Gasteiger partial charge in [-0.25, -0.2) is 13.1 Å². The van der Waals surface area contributed by atoms with Gasteiger partial charge in [-0.15, -0.1) is 0 Å². The standard InChI is InChI=1S/C17H17N3O3S/c1-13-17(12-20(18-13)15-6-4-3-5-7-15)24(21,22)19-14-8-10-16(23-2)11-9-14/h3-12,19H,1-2H3. The van der Waals surface area contributed by atoms with Crippen LogP contribution in [0.15, 0.2) is 65.7 Å². The minimum Gasteiger partial charge on any atom is -0.497 e. The summed E-state index contributed by atoms with van der Waals surface area (Å²) in [7, 11) is -2.17. The SMILES string of the molecule is COc1ccc(NS(=O)(=O)c2cn(-c3ccccc3)nc2C)cc1. The van der Waals surface area contributed by atoms with Crippen LogP contribution in [0.4, 0.5) is 5.69 Å². The second-order valence-corrected chi connectivity index (χ2v) is 6.84. The third-order valence-electron chi connectivity index (χ3n) is 3.51. The topological polar surface area (TPSA) is 73.2 Å². The quantitative estimate of drug-likeness (QED) is 0.773. The molecule has 0 aliphatic carbocycles. The number of para-hydroxylation sites is 1. The Morgan fingerprint density at radius 1 is 1.04 bits per heavy atom. The molecule has 6 nitrogen and oxygen atoms in total. The lowest BCUT2D eigenvalue weighted by Crippen LogP contribution is -2.13. The molecule has 1 N–H and O–H groups in total. The number of methoxy groups -OCH3 is 1. The number of aryl methyl sites for hydroxylation is 1. The average molecular weight is 343 g/mol. The van der Waals surface area contributed by atoms with E-state index in [2.05, 4.69) is 9.82 Å². The van der Waals surface area contributed by atoms with Gasteiger partial charge in [0, 0.05) is 5.69 Å². The molecular formula is C17H17N3O3S. The molecule has 1 heterocycles. The first kappa shape index (κ1) is 16.1. The Bertz CT molecular complexity index is 933. The molecule has 0 bridgehead atoms. The predicted molar refractivity (Wildman–Crippen MR) is 92.1 cm³/mol. The number of rotatable bonds is 5. The van der Waals surface area contributed by atoms with Crippen LogP contribution in [0.3, 0.4) is 0 Å². The Balaban J connectivity index is 1.90. The van der Waals surface area contributed by atoms with Gasteiger partial charge in [-0.05, 0) is 43.3 Å². The van der Waals surface area contributed by atoms with Crippen molar-refractivity contribution in [2.24, 2.45) is 0 Å². The van der Waals surface area contributed by atoms with Crippen molar-refractivity contribution in [3.05, 3.63) is 66.5 Å². The van der Waals surface area contributed by atoms with Gasteiger partial charge in [0.1, 0.15) is 10.6 Å². The van der Waals surface area contributed by atoms with Gasteiger partial charge in [-0.1, -0.05) is 18.2 Å². The van der Waals surface area contributed by atoms with Crippen molar-refractivity contribution in [1.29, 1.82) is 0 Å². The Kier molecular flexibility index (Phi) is 4.26. The summed E-state index contributed by atoms with van der Waals surface area (Å²) in [6.45, 7) is 1.67. The number of anilines is 1. The summed E-state index contributed by atoms with van der Waals surface area (Å²) in [5.41, 5.74) is 1.69. The zero-order valence-corrected chi connectivity index (χ0v) is 14.1. The van der Waals surface area contributed by atoms with Crippen molar-refractivity contribution in [2.45, 2.75) is 11.8 Å². The molecular weight excluding hydrogens is 326 g/mol. The Labute approximate surface area is 140 Å². The predicted octanol–water partition coefficient (Wildman–Crippen LogP) is 2.99.